The molecule has 0 aromatic carbocycles. The second kappa shape index (κ2) is 28.6. The van der Waals surface area contributed by atoms with Crippen LogP contribution in [0.3, 0.4) is 0 Å². The van der Waals surface area contributed by atoms with E-state index in [0.717, 1.165) is 38.6 Å². The van der Waals surface area contributed by atoms with Crippen LogP contribution in [0.15, 0.2) is 30.6 Å². The maximum Gasteiger partial charge on any atom is 0.472 e. The van der Waals surface area contributed by atoms with Crippen LogP contribution in [0, 0.1) is 0 Å². The standard InChI is InChI=1S/C35H62NO8P/c1-3-4-5-6-7-8-9-10-11-12-13-14-15-16-17-23-28-41-31-34(44-35(38)30-33(2)37)32-43-45(39,40)42-29-24-19-22-27-36-25-20-18-21-26-36/h18,20-21,25-26,34H,3-17,19,22-24,27-32H2,1-2H3/p+1. The molecule has 2 atom stereocenters. The second-order valence-electron chi connectivity index (χ2n) is 12.1. The first kappa shape index (κ1) is 41.4. The maximum atomic E-state index is 12.3. The van der Waals surface area contributed by atoms with E-state index in [9.17, 15) is 19.0 Å². The molecule has 0 radical (unpaired) electrons. The van der Waals surface area contributed by atoms with E-state index in [2.05, 4.69) is 11.5 Å². The van der Waals surface area contributed by atoms with E-state index in [-0.39, 0.29) is 32.0 Å². The highest BCUT2D eigenvalue weighted by atomic mass is 31.2. The average molecular weight is 657 g/mol. The lowest BCUT2D eigenvalue weighted by molar-refractivity contribution is -0.697. The zero-order valence-corrected chi connectivity index (χ0v) is 29.2. The molecule has 0 saturated heterocycles. The summed E-state index contributed by atoms with van der Waals surface area (Å²) in [7, 11) is -4.32. The van der Waals surface area contributed by atoms with Crippen LogP contribution < -0.4 is 4.57 Å². The predicted molar refractivity (Wildman–Crippen MR) is 178 cm³/mol. The van der Waals surface area contributed by atoms with E-state index in [1.807, 2.05) is 30.6 Å². The highest BCUT2D eigenvalue weighted by molar-refractivity contribution is 7.47. The predicted octanol–water partition coefficient (Wildman–Crippen LogP) is 8.45. The van der Waals surface area contributed by atoms with Gasteiger partial charge in [0.25, 0.3) is 0 Å². The van der Waals surface area contributed by atoms with E-state index < -0.39 is 19.9 Å². The van der Waals surface area contributed by atoms with E-state index >= 15 is 0 Å². The summed E-state index contributed by atoms with van der Waals surface area (Å²) in [4.78, 5) is 33.4. The van der Waals surface area contributed by atoms with Gasteiger partial charge < -0.3 is 14.4 Å². The highest BCUT2D eigenvalue weighted by Crippen LogP contribution is 2.43. The lowest BCUT2D eigenvalue weighted by Gasteiger charge is -2.19. The topological polar surface area (TPSA) is 112 Å². The van der Waals surface area contributed by atoms with E-state index in [0.29, 0.717) is 13.0 Å². The molecule has 1 rings (SSSR count). The molecule has 0 spiro atoms. The number of ketones is 1. The van der Waals surface area contributed by atoms with Crippen LogP contribution in [0.2, 0.25) is 0 Å². The molecule has 9 nitrogen and oxygen atoms in total. The van der Waals surface area contributed by atoms with Gasteiger partial charge in [-0.2, -0.15) is 0 Å². The molecule has 10 heteroatoms. The van der Waals surface area contributed by atoms with Crippen LogP contribution >= 0.6 is 7.82 Å². The quantitative estimate of drug-likeness (QED) is 0.0270. The molecule has 1 aromatic heterocycles. The molecule has 260 valence electrons. The first-order valence-electron chi connectivity index (χ1n) is 17.6. The third-order valence-corrected chi connectivity index (χ3v) is 8.64. The molecular formula is C35H63NO8P+. The van der Waals surface area contributed by atoms with Gasteiger partial charge in [-0.1, -0.05) is 109 Å². The van der Waals surface area contributed by atoms with Gasteiger partial charge in [-0.25, -0.2) is 9.13 Å². The van der Waals surface area contributed by atoms with Gasteiger partial charge >= 0.3 is 13.8 Å². The number of rotatable bonds is 32. The van der Waals surface area contributed by atoms with Crippen LogP contribution in [0.25, 0.3) is 0 Å². The number of aromatic nitrogens is 1. The number of Topliss-reactive ketones (excluding diaryl/α,β-unsaturated/α-hetero) is 1. The Kier molecular flexibility index (Phi) is 26.3. The summed E-state index contributed by atoms with van der Waals surface area (Å²) >= 11 is 0. The van der Waals surface area contributed by atoms with Crippen molar-refractivity contribution in [1.29, 1.82) is 0 Å². The molecule has 0 aliphatic carbocycles. The van der Waals surface area contributed by atoms with Gasteiger partial charge in [-0.15, -0.1) is 0 Å². The van der Waals surface area contributed by atoms with Crippen molar-refractivity contribution in [3.63, 3.8) is 0 Å². The number of pyridine rings is 1. The van der Waals surface area contributed by atoms with Crippen molar-refractivity contribution in [2.45, 2.75) is 155 Å². The molecule has 0 saturated carbocycles. The number of aryl methyl sites for hydroxylation is 1. The Morgan fingerprint density at radius 3 is 1.76 bits per heavy atom. The minimum Gasteiger partial charge on any atom is -0.457 e. The number of phosphoric acid groups is 1. The third-order valence-electron chi connectivity index (χ3n) is 7.65. The Balaban J connectivity index is 2.13. The van der Waals surface area contributed by atoms with Gasteiger partial charge in [0, 0.05) is 25.2 Å². The van der Waals surface area contributed by atoms with E-state index in [4.69, 9.17) is 18.5 Å². The number of carbonyl (C=O) groups excluding carboxylic acids is 2. The number of carbonyl (C=O) groups is 2. The molecule has 45 heavy (non-hydrogen) atoms. The van der Waals surface area contributed by atoms with Crippen LogP contribution in [0.4, 0.5) is 0 Å². The van der Waals surface area contributed by atoms with Crippen LogP contribution in [-0.2, 0) is 39.2 Å². The van der Waals surface area contributed by atoms with Crippen molar-refractivity contribution in [2.75, 3.05) is 26.4 Å². The number of phosphoric ester groups is 1. The molecule has 0 bridgehead atoms. The van der Waals surface area contributed by atoms with Gasteiger partial charge in [-0.3, -0.25) is 18.6 Å². The Morgan fingerprint density at radius 2 is 1.20 bits per heavy atom. The summed E-state index contributed by atoms with van der Waals surface area (Å²) < 4.78 is 35.6. The monoisotopic (exact) mass is 656 g/mol. The first-order chi connectivity index (χ1) is 21.8. The van der Waals surface area contributed by atoms with Gasteiger partial charge in [0.2, 0.25) is 0 Å². The normalized spacial score (nSPS) is 13.4. The lowest BCUT2D eigenvalue weighted by atomic mass is 10.0. The van der Waals surface area contributed by atoms with Crippen LogP contribution in [0.1, 0.15) is 142 Å². The van der Waals surface area contributed by atoms with Gasteiger partial charge in [0.05, 0.1) is 19.8 Å². The van der Waals surface area contributed by atoms with Crippen molar-refractivity contribution in [3.05, 3.63) is 30.6 Å². The fourth-order valence-electron chi connectivity index (χ4n) is 5.07. The summed E-state index contributed by atoms with van der Waals surface area (Å²) in [6.07, 6.45) is 25.8. The van der Waals surface area contributed by atoms with Gasteiger partial charge in [0.15, 0.2) is 12.4 Å². The molecule has 0 aliphatic heterocycles. The third kappa shape index (κ3) is 27.2. The minimum atomic E-state index is -4.32. The summed E-state index contributed by atoms with van der Waals surface area (Å²) in [5.41, 5.74) is 0. The zero-order chi connectivity index (χ0) is 32.9. The summed E-state index contributed by atoms with van der Waals surface area (Å²) in [5, 5.41) is 0. The summed E-state index contributed by atoms with van der Waals surface area (Å²) in [6.45, 7) is 4.65. The number of ether oxygens (including phenoxy) is 2. The Hall–Kier alpha value is -1.64. The molecular weight excluding hydrogens is 593 g/mol. The summed E-state index contributed by atoms with van der Waals surface area (Å²) in [6, 6.07) is 5.91. The molecule has 1 heterocycles. The van der Waals surface area contributed by atoms with E-state index in [1.165, 1.54) is 90.4 Å². The van der Waals surface area contributed by atoms with Crippen LogP contribution in [0.5, 0.6) is 0 Å². The van der Waals surface area contributed by atoms with E-state index in [1.54, 1.807) is 0 Å². The number of hydrogen-bond donors (Lipinski definition) is 1. The molecule has 0 aliphatic rings. The minimum absolute atomic E-state index is 0.0134. The van der Waals surface area contributed by atoms with Crippen molar-refractivity contribution in [1.82, 2.24) is 0 Å². The Labute approximate surface area is 273 Å². The average Bonchev–Trinajstić information content (AvgIpc) is 3.01. The van der Waals surface area contributed by atoms with Crippen molar-refractivity contribution >= 4 is 19.6 Å². The van der Waals surface area contributed by atoms with Gasteiger partial charge in [0.1, 0.15) is 24.9 Å². The summed E-state index contributed by atoms with van der Waals surface area (Å²) in [5.74, 6) is -1.04. The highest BCUT2D eigenvalue weighted by Gasteiger charge is 2.25. The van der Waals surface area contributed by atoms with Crippen molar-refractivity contribution in [3.8, 4) is 0 Å². The number of unbranched alkanes of at least 4 members (excludes halogenated alkanes) is 17. The van der Waals surface area contributed by atoms with Crippen molar-refractivity contribution in [2.24, 2.45) is 0 Å². The Bertz CT molecular complexity index is 901. The smallest absolute Gasteiger partial charge is 0.457 e. The molecule has 1 aromatic rings. The Morgan fingerprint density at radius 1 is 0.689 bits per heavy atom. The molecule has 0 amide bonds. The van der Waals surface area contributed by atoms with Crippen molar-refractivity contribution < 1.29 is 42.1 Å². The molecule has 0 fully saturated rings. The van der Waals surface area contributed by atoms with Crippen LogP contribution in [-0.4, -0.2) is 49.2 Å². The second-order valence-corrected chi connectivity index (χ2v) is 13.6. The fourth-order valence-corrected chi connectivity index (χ4v) is 5.85. The SMILES string of the molecule is CCCCCCCCCCCCCCCCCCOCC(COP(=O)(O)OCCCCC[n+]1ccccc1)OC(=O)CC(C)=O. The number of nitrogens with zero attached hydrogens (tertiary/aromatic N) is 1. The lowest BCUT2D eigenvalue weighted by Crippen LogP contribution is -2.32. The number of esters is 1. The zero-order valence-electron chi connectivity index (χ0n) is 28.3. The maximum absolute atomic E-state index is 12.3. The number of hydrogen-bond acceptors (Lipinski definition) is 7. The molecule has 2 unspecified atom stereocenters. The van der Waals surface area contributed by atoms with Gasteiger partial charge in [-0.05, 0) is 26.2 Å². The fraction of sp³-hybridized carbons (Fsp3) is 0.800. The molecule has 1 N–H and O–H groups in total. The largest absolute Gasteiger partial charge is 0.472 e. The first-order valence-corrected chi connectivity index (χ1v) is 19.1.